The highest BCUT2D eigenvalue weighted by molar-refractivity contribution is 5.92. The zero-order valence-corrected chi connectivity index (χ0v) is 15.9. The third-order valence-corrected chi connectivity index (χ3v) is 5.31. The van der Waals surface area contributed by atoms with E-state index < -0.39 is 0 Å². The number of amides is 2. The number of benzene rings is 1. The van der Waals surface area contributed by atoms with E-state index in [2.05, 4.69) is 9.97 Å². The highest BCUT2D eigenvalue weighted by atomic mass is 19.1. The van der Waals surface area contributed by atoms with Crippen molar-refractivity contribution in [1.82, 2.24) is 24.2 Å². The van der Waals surface area contributed by atoms with Crippen LogP contribution < -0.4 is 0 Å². The summed E-state index contributed by atoms with van der Waals surface area (Å²) in [6, 6.07) is 8.05. The summed E-state index contributed by atoms with van der Waals surface area (Å²) in [7, 11) is 0. The molecule has 4 rings (SSSR count). The van der Waals surface area contributed by atoms with Crippen molar-refractivity contribution in [3.05, 3.63) is 66.0 Å². The van der Waals surface area contributed by atoms with Gasteiger partial charge in [0, 0.05) is 44.3 Å². The second-order valence-corrected chi connectivity index (χ2v) is 7.22. The Hall–Kier alpha value is -3.29. The minimum Gasteiger partial charge on any atom is -0.340 e. The molecule has 1 aliphatic rings. The Bertz CT molecular complexity index is 971. The van der Waals surface area contributed by atoms with Gasteiger partial charge in [0.1, 0.15) is 11.5 Å². The monoisotopic (exact) mass is 395 g/mol. The van der Waals surface area contributed by atoms with Crippen molar-refractivity contribution in [3.63, 3.8) is 0 Å². The maximum atomic E-state index is 13.2. The van der Waals surface area contributed by atoms with Gasteiger partial charge < -0.3 is 9.80 Å². The highest BCUT2D eigenvalue weighted by Crippen LogP contribution is 2.18. The smallest absolute Gasteiger partial charge is 0.274 e. The number of nitrogens with zero attached hydrogens (tertiary/aromatic N) is 5. The van der Waals surface area contributed by atoms with Gasteiger partial charge in [0.2, 0.25) is 12.2 Å². The van der Waals surface area contributed by atoms with Crippen LogP contribution in [0.1, 0.15) is 28.9 Å². The highest BCUT2D eigenvalue weighted by Gasteiger charge is 2.28. The van der Waals surface area contributed by atoms with Crippen LogP contribution in [0.3, 0.4) is 0 Å². The minimum absolute atomic E-state index is 0.000163. The molecule has 0 radical (unpaired) electrons. The fourth-order valence-corrected chi connectivity index (χ4v) is 3.73. The molecule has 7 nitrogen and oxygen atoms in total. The predicted octanol–water partition coefficient (Wildman–Crippen LogP) is 2.17. The first-order valence-corrected chi connectivity index (χ1v) is 9.68. The number of aromatic nitrogens is 3. The fourth-order valence-electron chi connectivity index (χ4n) is 3.73. The van der Waals surface area contributed by atoms with Crippen molar-refractivity contribution in [3.8, 4) is 0 Å². The van der Waals surface area contributed by atoms with Crippen LogP contribution in [0.15, 0.2) is 48.9 Å². The lowest BCUT2D eigenvalue weighted by atomic mass is 10.1. The fraction of sp³-hybridized carbons (Fsp3) is 0.333. The number of hydrogen-bond donors (Lipinski definition) is 0. The Morgan fingerprint density at radius 1 is 1.31 bits per heavy atom. The molecule has 0 N–H and O–H groups in total. The SMILES string of the molecule is O=CN1CCCC1CN(CCc1ccc(F)cc1)C(=O)c1cn2cccnc2n1. The first-order chi connectivity index (χ1) is 14.1. The van der Waals surface area contributed by atoms with Gasteiger partial charge in [-0.25, -0.2) is 14.4 Å². The van der Waals surface area contributed by atoms with Crippen LogP contribution in [0.5, 0.6) is 0 Å². The Balaban J connectivity index is 1.54. The lowest BCUT2D eigenvalue weighted by molar-refractivity contribution is -0.119. The molecule has 0 bridgehead atoms. The van der Waals surface area contributed by atoms with E-state index in [1.165, 1.54) is 12.1 Å². The van der Waals surface area contributed by atoms with Crippen molar-refractivity contribution in [2.75, 3.05) is 19.6 Å². The average molecular weight is 395 g/mol. The molecule has 0 aliphatic carbocycles. The van der Waals surface area contributed by atoms with E-state index in [0.717, 1.165) is 24.8 Å². The van der Waals surface area contributed by atoms with Gasteiger partial charge in [-0.3, -0.25) is 14.0 Å². The number of likely N-dealkylation sites (tertiary alicyclic amines) is 1. The summed E-state index contributed by atoms with van der Waals surface area (Å²) < 4.78 is 14.9. The molecular weight excluding hydrogens is 373 g/mol. The summed E-state index contributed by atoms with van der Waals surface area (Å²) in [4.78, 5) is 36.6. The van der Waals surface area contributed by atoms with Gasteiger partial charge in [-0.2, -0.15) is 0 Å². The van der Waals surface area contributed by atoms with Crippen LogP contribution in [0.25, 0.3) is 5.78 Å². The van der Waals surface area contributed by atoms with Crippen LogP contribution in [0.4, 0.5) is 4.39 Å². The molecule has 0 saturated carbocycles. The van der Waals surface area contributed by atoms with Crippen molar-refractivity contribution >= 4 is 18.1 Å². The normalized spacial score (nSPS) is 16.3. The molecular formula is C21H22FN5O2. The number of fused-ring (bicyclic) bond motifs is 1. The quantitative estimate of drug-likeness (QED) is 0.575. The number of rotatable bonds is 7. The summed E-state index contributed by atoms with van der Waals surface area (Å²) in [6.45, 7) is 1.61. The summed E-state index contributed by atoms with van der Waals surface area (Å²) in [5.41, 5.74) is 1.26. The summed E-state index contributed by atoms with van der Waals surface area (Å²) in [5, 5.41) is 0. The molecule has 1 atom stereocenters. The third kappa shape index (κ3) is 4.26. The van der Waals surface area contributed by atoms with Gasteiger partial charge in [0.05, 0.1) is 0 Å². The van der Waals surface area contributed by atoms with Gasteiger partial charge in [0.25, 0.3) is 5.91 Å². The molecule has 2 aromatic heterocycles. The Labute approximate surface area is 167 Å². The molecule has 1 aliphatic heterocycles. The Morgan fingerprint density at radius 3 is 2.90 bits per heavy atom. The van der Waals surface area contributed by atoms with Crippen LogP contribution in [-0.2, 0) is 11.2 Å². The predicted molar refractivity (Wildman–Crippen MR) is 105 cm³/mol. The minimum atomic E-state index is -0.286. The van der Waals surface area contributed by atoms with Gasteiger partial charge in [-0.1, -0.05) is 12.1 Å². The molecule has 0 spiro atoms. The molecule has 1 saturated heterocycles. The first kappa shape index (κ1) is 19.0. The third-order valence-electron chi connectivity index (χ3n) is 5.31. The van der Waals surface area contributed by atoms with E-state index in [4.69, 9.17) is 0 Å². The molecule has 1 fully saturated rings. The molecule has 29 heavy (non-hydrogen) atoms. The molecule has 150 valence electrons. The lowest BCUT2D eigenvalue weighted by Gasteiger charge is -2.28. The van der Waals surface area contributed by atoms with E-state index in [9.17, 15) is 14.0 Å². The van der Waals surface area contributed by atoms with Crippen molar-refractivity contribution in [1.29, 1.82) is 0 Å². The Kier molecular flexibility index (Phi) is 5.50. The van der Waals surface area contributed by atoms with E-state index >= 15 is 0 Å². The van der Waals surface area contributed by atoms with Crippen LogP contribution >= 0.6 is 0 Å². The standard InChI is InChI=1S/C21H22FN5O2/c22-17-6-4-16(5-7-17)8-12-25(13-18-3-1-10-27(18)15-28)20(29)19-14-26-11-2-9-23-21(26)24-19/h2,4-7,9,11,14-15,18H,1,3,8,10,12-13H2. The van der Waals surface area contributed by atoms with E-state index in [0.29, 0.717) is 37.5 Å². The van der Waals surface area contributed by atoms with E-state index in [1.807, 2.05) is 0 Å². The van der Waals surface area contributed by atoms with Gasteiger partial charge in [-0.05, 0) is 43.0 Å². The zero-order chi connectivity index (χ0) is 20.2. The van der Waals surface area contributed by atoms with E-state index in [-0.39, 0.29) is 17.8 Å². The van der Waals surface area contributed by atoms with E-state index in [1.54, 1.807) is 51.0 Å². The largest absolute Gasteiger partial charge is 0.340 e. The molecule has 1 aromatic carbocycles. The summed E-state index contributed by atoms with van der Waals surface area (Å²) in [5.74, 6) is -0.0217. The number of imidazole rings is 1. The number of carbonyl (C=O) groups is 2. The zero-order valence-electron chi connectivity index (χ0n) is 15.9. The summed E-state index contributed by atoms with van der Waals surface area (Å²) in [6.07, 6.45) is 8.33. The van der Waals surface area contributed by atoms with Crippen LogP contribution in [-0.4, -0.2) is 62.2 Å². The molecule has 2 amide bonds. The maximum Gasteiger partial charge on any atom is 0.274 e. The number of hydrogen-bond acceptors (Lipinski definition) is 4. The number of carbonyl (C=O) groups excluding carboxylic acids is 2. The van der Waals surface area contributed by atoms with Crippen LogP contribution in [0, 0.1) is 5.82 Å². The average Bonchev–Trinajstić information content (AvgIpc) is 3.38. The summed E-state index contributed by atoms with van der Waals surface area (Å²) >= 11 is 0. The van der Waals surface area contributed by atoms with Crippen LogP contribution in [0.2, 0.25) is 0 Å². The topological polar surface area (TPSA) is 70.8 Å². The molecule has 3 aromatic rings. The van der Waals surface area contributed by atoms with Gasteiger partial charge in [-0.15, -0.1) is 0 Å². The molecule has 8 heteroatoms. The second kappa shape index (κ2) is 8.38. The number of halogens is 1. The Morgan fingerprint density at radius 2 is 2.14 bits per heavy atom. The first-order valence-electron chi connectivity index (χ1n) is 9.68. The molecule has 1 unspecified atom stereocenters. The lowest BCUT2D eigenvalue weighted by Crippen LogP contribution is -2.43. The second-order valence-electron chi connectivity index (χ2n) is 7.22. The van der Waals surface area contributed by atoms with Gasteiger partial charge in [0.15, 0.2) is 0 Å². The maximum absolute atomic E-state index is 13.2. The van der Waals surface area contributed by atoms with Crippen molar-refractivity contribution < 1.29 is 14.0 Å². The van der Waals surface area contributed by atoms with Crippen molar-refractivity contribution in [2.45, 2.75) is 25.3 Å². The van der Waals surface area contributed by atoms with Gasteiger partial charge >= 0.3 is 0 Å². The molecule has 3 heterocycles. The van der Waals surface area contributed by atoms with Crippen molar-refractivity contribution in [2.24, 2.45) is 0 Å².